The Labute approximate surface area is 117 Å². The number of thioether (sulfide) groups is 1. The highest BCUT2D eigenvalue weighted by atomic mass is 32.2. The summed E-state index contributed by atoms with van der Waals surface area (Å²) < 4.78 is 7.85. The smallest absolute Gasteiger partial charge is 0.290 e. The molecule has 0 bridgehead atoms. The molecule has 0 radical (unpaired) electrons. The molecule has 1 aromatic heterocycles. The number of ether oxygens (including phenoxy) is 1. The summed E-state index contributed by atoms with van der Waals surface area (Å²) in [6.45, 7) is 1.55. The maximum atomic E-state index is 8.36. The Hall–Kier alpha value is -1.01. The van der Waals surface area contributed by atoms with Crippen molar-refractivity contribution >= 4 is 18.2 Å². The number of rotatable bonds is 2. The summed E-state index contributed by atoms with van der Waals surface area (Å²) in [5, 5.41) is 6.89. The molecule has 0 saturated carbocycles. The van der Waals surface area contributed by atoms with Crippen molar-refractivity contribution in [2.75, 3.05) is 24.7 Å². The topological polar surface area (TPSA) is 64.3 Å². The van der Waals surface area contributed by atoms with E-state index in [1.54, 1.807) is 0 Å². The number of nitrogens with zero attached hydrogens (tertiary/aromatic N) is 2. The predicted molar refractivity (Wildman–Crippen MR) is 74.7 cm³/mol. The molecule has 2 saturated heterocycles. The maximum Gasteiger partial charge on any atom is 0.290 e. The summed E-state index contributed by atoms with van der Waals surface area (Å²) in [7, 11) is 0. The van der Waals surface area contributed by atoms with Gasteiger partial charge in [0, 0.05) is 43.3 Å². The van der Waals surface area contributed by atoms with Crippen LogP contribution in [0.2, 0.25) is 0 Å². The van der Waals surface area contributed by atoms with Gasteiger partial charge in [0.05, 0.1) is 0 Å². The standard InChI is InChI=1S/C12H18N2OS.CH2O2/c1-6-15-7-2-10(1)12-13-4-5-14(12)11-3-8-16-9-11;2-1-3/h4-5,10-11H,1-3,6-9H2;1H,(H,2,3). The van der Waals surface area contributed by atoms with Gasteiger partial charge in [-0.25, -0.2) is 4.98 Å². The largest absolute Gasteiger partial charge is 0.483 e. The summed E-state index contributed by atoms with van der Waals surface area (Å²) in [6.07, 6.45) is 7.71. The SMILES string of the molecule is O=CO.c1cn(C2CCSC2)c(C2CCOCC2)n1. The van der Waals surface area contributed by atoms with Crippen LogP contribution < -0.4 is 0 Å². The van der Waals surface area contributed by atoms with Gasteiger partial charge in [-0.3, -0.25) is 4.79 Å². The Morgan fingerprint density at radius 3 is 2.79 bits per heavy atom. The highest BCUT2D eigenvalue weighted by Crippen LogP contribution is 2.33. The van der Waals surface area contributed by atoms with Gasteiger partial charge in [0.15, 0.2) is 0 Å². The molecule has 3 heterocycles. The van der Waals surface area contributed by atoms with E-state index in [1.165, 1.54) is 23.8 Å². The third-order valence-electron chi connectivity index (χ3n) is 3.58. The van der Waals surface area contributed by atoms with Crippen LogP contribution in [0.5, 0.6) is 0 Å². The fraction of sp³-hybridized carbons (Fsp3) is 0.692. The Morgan fingerprint density at radius 1 is 1.42 bits per heavy atom. The van der Waals surface area contributed by atoms with Crippen LogP contribution in [0.3, 0.4) is 0 Å². The van der Waals surface area contributed by atoms with E-state index in [4.69, 9.17) is 14.6 Å². The number of carbonyl (C=O) groups is 1. The van der Waals surface area contributed by atoms with E-state index < -0.39 is 0 Å². The second kappa shape index (κ2) is 7.55. The van der Waals surface area contributed by atoms with Gasteiger partial charge in [0.2, 0.25) is 0 Å². The number of hydrogen-bond acceptors (Lipinski definition) is 4. The quantitative estimate of drug-likeness (QED) is 0.843. The van der Waals surface area contributed by atoms with Crippen molar-refractivity contribution in [3.8, 4) is 0 Å². The van der Waals surface area contributed by atoms with Gasteiger partial charge in [0.25, 0.3) is 6.47 Å². The number of aromatic nitrogens is 2. The molecule has 0 amide bonds. The first kappa shape index (κ1) is 14.4. The lowest BCUT2D eigenvalue weighted by atomic mass is 9.99. The fourth-order valence-electron chi connectivity index (χ4n) is 2.65. The van der Waals surface area contributed by atoms with Crippen LogP contribution in [0.1, 0.15) is 37.0 Å². The normalized spacial score (nSPS) is 23.7. The molecule has 0 aliphatic carbocycles. The molecule has 2 aliphatic heterocycles. The molecule has 2 fully saturated rings. The molecule has 0 spiro atoms. The maximum absolute atomic E-state index is 8.36. The Kier molecular flexibility index (Phi) is 5.72. The van der Waals surface area contributed by atoms with E-state index >= 15 is 0 Å². The Morgan fingerprint density at radius 2 is 2.16 bits per heavy atom. The van der Waals surface area contributed by atoms with E-state index in [1.807, 2.05) is 6.20 Å². The average Bonchev–Trinajstić information content (AvgIpc) is 3.11. The summed E-state index contributed by atoms with van der Waals surface area (Å²) in [4.78, 5) is 12.9. The van der Waals surface area contributed by atoms with E-state index in [0.717, 1.165) is 26.1 Å². The summed E-state index contributed by atoms with van der Waals surface area (Å²) in [6, 6.07) is 0.686. The molecule has 2 aliphatic rings. The van der Waals surface area contributed by atoms with Crippen LogP contribution >= 0.6 is 11.8 Å². The molecule has 5 nitrogen and oxygen atoms in total. The van der Waals surface area contributed by atoms with Gasteiger partial charge in [-0.15, -0.1) is 0 Å². The van der Waals surface area contributed by atoms with E-state index in [0.29, 0.717) is 12.0 Å². The van der Waals surface area contributed by atoms with Crippen LogP contribution in [0.15, 0.2) is 12.4 Å². The second-order valence-corrected chi connectivity index (χ2v) is 5.85. The number of hydrogen-bond donors (Lipinski definition) is 1. The molecule has 3 rings (SSSR count). The van der Waals surface area contributed by atoms with Crippen molar-refractivity contribution in [2.24, 2.45) is 0 Å². The average molecular weight is 284 g/mol. The first-order valence-corrected chi connectivity index (χ1v) is 7.78. The molecular weight excluding hydrogens is 264 g/mol. The molecule has 1 aromatic rings. The summed E-state index contributed by atoms with van der Waals surface area (Å²) in [5.41, 5.74) is 0. The Bertz CT molecular complexity index is 385. The van der Waals surface area contributed by atoms with Gasteiger partial charge in [-0.1, -0.05) is 0 Å². The minimum atomic E-state index is -0.250. The van der Waals surface area contributed by atoms with Gasteiger partial charge in [-0.2, -0.15) is 11.8 Å². The van der Waals surface area contributed by atoms with Gasteiger partial charge >= 0.3 is 0 Å². The number of carboxylic acid groups (broad SMARTS) is 1. The summed E-state index contributed by atoms with van der Waals surface area (Å²) >= 11 is 2.06. The first-order chi connectivity index (χ1) is 9.36. The minimum Gasteiger partial charge on any atom is -0.483 e. The lowest BCUT2D eigenvalue weighted by Crippen LogP contribution is -2.20. The van der Waals surface area contributed by atoms with Crippen molar-refractivity contribution in [2.45, 2.75) is 31.2 Å². The second-order valence-electron chi connectivity index (χ2n) is 4.70. The van der Waals surface area contributed by atoms with Crippen LogP contribution in [0, 0.1) is 0 Å². The lowest BCUT2D eigenvalue weighted by Gasteiger charge is -2.24. The zero-order valence-corrected chi connectivity index (χ0v) is 11.7. The first-order valence-electron chi connectivity index (χ1n) is 6.63. The minimum absolute atomic E-state index is 0.250. The third-order valence-corrected chi connectivity index (χ3v) is 4.73. The molecule has 6 heteroatoms. The van der Waals surface area contributed by atoms with E-state index in [2.05, 4.69) is 27.5 Å². The third kappa shape index (κ3) is 3.73. The molecule has 1 atom stereocenters. The lowest BCUT2D eigenvalue weighted by molar-refractivity contribution is -0.122. The van der Waals surface area contributed by atoms with Crippen molar-refractivity contribution in [3.05, 3.63) is 18.2 Å². The monoisotopic (exact) mass is 284 g/mol. The van der Waals surface area contributed by atoms with Crippen LogP contribution in [0.25, 0.3) is 0 Å². The van der Waals surface area contributed by atoms with E-state index in [-0.39, 0.29) is 6.47 Å². The molecule has 1 unspecified atom stereocenters. The molecule has 1 N–H and O–H groups in total. The van der Waals surface area contributed by atoms with Crippen LogP contribution in [-0.4, -0.2) is 45.8 Å². The van der Waals surface area contributed by atoms with Gasteiger partial charge in [-0.05, 0) is 25.0 Å². The van der Waals surface area contributed by atoms with Crippen molar-refractivity contribution < 1.29 is 14.6 Å². The summed E-state index contributed by atoms with van der Waals surface area (Å²) in [5.74, 6) is 4.48. The molecular formula is C13H20N2O3S. The highest BCUT2D eigenvalue weighted by Gasteiger charge is 2.25. The molecule has 19 heavy (non-hydrogen) atoms. The number of imidazole rings is 1. The van der Waals surface area contributed by atoms with Crippen LogP contribution in [0.4, 0.5) is 0 Å². The highest BCUT2D eigenvalue weighted by molar-refractivity contribution is 7.99. The van der Waals surface area contributed by atoms with Crippen molar-refractivity contribution in [1.82, 2.24) is 9.55 Å². The van der Waals surface area contributed by atoms with Gasteiger partial charge < -0.3 is 14.4 Å². The van der Waals surface area contributed by atoms with Gasteiger partial charge in [0.1, 0.15) is 5.82 Å². The molecule has 0 aromatic carbocycles. The van der Waals surface area contributed by atoms with E-state index in [9.17, 15) is 0 Å². The zero-order valence-electron chi connectivity index (χ0n) is 10.9. The fourth-order valence-corrected chi connectivity index (χ4v) is 3.85. The Balaban J connectivity index is 0.000000408. The van der Waals surface area contributed by atoms with Crippen molar-refractivity contribution in [3.63, 3.8) is 0 Å². The van der Waals surface area contributed by atoms with Crippen molar-refractivity contribution in [1.29, 1.82) is 0 Å². The molecule has 106 valence electrons. The van der Waals surface area contributed by atoms with Crippen LogP contribution in [-0.2, 0) is 9.53 Å². The zero-order chi connectivity index (χ0) is 13.5. The predicted octanol–water partition coefficient (Wildman–Crippen LogP) is 2.16.